The minimum atomic E-state index is 0.0442. The molecule has 0 radical (unpaired) electrons. The number of halogens is 1. The third-order valence-electron chi connectivity index (χ3n) is 6.62. The topological polar surface area (TPSA) is 80.3 Å². The van der Waals surface area contributed by atoms with Crippen LogP contribution in [0.3, 0.4) is 0 Å². The summed E-state index contributed by atoms with van der Waals surface area (Å²) in [7, 11) is 0. The number of hydrogen-bond acceptors (Lipinski definition) is 6. The molecule has 1 amide bonds. The summed E-state index contributed by atoms with van der Waals surface area (Å²) < 4.78 is 5.89. The molecular formula is C24H23ClN6O2. The first-order valence-electron chi connectivity index (χ1n) is 11.1. The van der Waals surface area contributed by atoms with E-state index in [0.717, 1.165) is 42.8 Å². The molecule has 2 atom stereocenters. The van der Waals surface area contributed by atoms with Crippen LogP contribution in [0.25, 0.3) is 16.8 Å². The fourth-order valence-electron chi connectivity index (χ4n) is 5.10. The van der Waals surface area contributed by atoms with E-state index in [2.05, 4.69) is 20.1 Å². The third-order valence-corrected chi connectivity index (χ3v) is 6.85. The van der Waals surface area contributed by atoms with Crippen LogP contribution in [0.2, 0.25) is 5.02 Å². The molecule has 2 aliphatic heterocycles. The van der Waals surface area contributed by atoms with E-state index in [-0.39, 0.29) is 5.91 Å². The fourth-order valence-corrected chi connectivity index (χ4v) is 5.26. The maximum absolute atomic E-state index is 13.5. The Bertz CT molecular complexity index is 1320. The molecule has 6 rings (SSSR count). The first-order chi connectivity index (χ1) is 16.0. The number of oxazole rings is 1. The number of nitrogens with zero attached hydrogens (tertiary/aromatic N) is 6. The zero-order valence-electron chi connectivity index (χ0n) is 18.2. The van der Waals surface area contributed by atoms with Gasteiger partial charge in [-0.2, -0.15) is 15.0 Å². The molecule has 0 spiro atoms. The summed E-state index contributed by atoms with van der Waals surface area (Å²) in [4.78, 5) is 23.9. The number of likely N-dealkylation sites (tertiary alicyclic amines) is 2. The van der Waals surface area contributed by atoms with Gasteiger partial charge < -0.3 is 9.32 Å². The maximum atomic E-state index is 13.5. The standard InChI is InChI=1S/C24H23ClN6O2/c1-15-2-4-21(31-26-6-7-27-31)19(8-15)24(32)30-12-16-10-29(11-17(16)13-30)14-23-28-20-9-18(25)3-5-22(20)33-23/h2-9,16-17H,10-14H2,1H3/t16-,17+. The van der Waals surface area contributed by atoms with Gasteiger partial charge in [0.1, 0.15) is 5.52 Å². The number of hydrogen-bond donors (Lipinski definition) is 0. The van der Waals surface area contributed by atoms with Crippen molar-refractivity contribution in [2.24, 2.45) is 11.8 Å². The lowest BCUT2D eigenvalue weighted by Crippen LogP contribution is -2.33. The zero-order valence-corrected chi connectivity index (χ0v) is 18.9. The Morgan fingerprint density at radius 1 is 1.06 bits per heavy atom. The van der Waals surface area contributed by atoms with Gasteiger partial charge in [0.15, 0.2) is 5.58 Å². The van der Waals surface area contributed by atoms with Gasteiger partial charge in [0, 0.05) is 31.2 Å². The van der Waals surface area contributed by atoms with E-state index >= 15 is 0 Å². The summed E-state index contributed by atoms with van der Waals surface area (Å²) in [5.74, 6) is 1.65. The predicted molar refractivity (Wildman–Crippen MR) is 123 cm³/mol. The Labute approximate surface area is 195 Å². The van der Waals surface area contributed by atoms with Crippen molar-refractivity contribution in [1.29, 1.82) is 0 Å². The normalized spacial score (nSPS) is 20.6. The molecule has 2 aliphatic rings. The molecule has 2 aromatic carbocycles. The van der Waals surface area contributed by atoms with E-state index < -0.39 is 0 Å². The van der Waals surface area contributed by atoms with Crippen LogP contribution in [0, 0.1) is 18.8 Å². The molecule has 2 fully saturated rings. The van der Waals surface area contributed by atoms with Gasteiger partial charge in [-0.3, -0.25) is 9.69 Å². The van der Waals surface area contributed by atoms with Crippen LogP contribution in [-0.2, 0) is 6.54 Å². The van der Waals surface area contributed by atoms with Gasteiger partial charge in [-0.15, -0.1) is 0 Å². The van der Waals surface area contributed by atoms with Gasteiger partial charge in [0.25, 0.3) is 5.91 Å². The number of aromatic nitrogens is 4. The highest BCUT2D eigenvalue weighted by atomic mass is 35.5. The summed E-state index contributed by atoms with van der Waals surface area (Å²) in [6, 6.07) is 11.3. The summed E-state index contributed by atoms with van der Waals surface area (Å²) in [6.07, 6.45) is 3.24. The Hall–Kier alpha value is -3.23. The maximum Gasteiger partial charge on any atom is 0.256 e. The number of amides is 1. The van der Waals surface area contributed by atoms with Crippen molar-refractivity contribution in [3.63, 3.8) is 0 Å². The van der Waals surface area contributed by atoms with Crippen LogP contribution in [0.15, 0.2) is 53.2 Å². The van der Waals surface area contributed by atoms with Gasteiger partial charge in [-0.25, -0.2) is 4.98 Å². The van der Waals surface area contributed by atoms with Gasteiger partial charge in [0.2, 0.25) is 5.89 Å². The highest BCUT2D eigenvalue weighted by Crippen LogP contribution is 2.33. The first kappa shape index (κ1) is 20.4. The van der Waals surface area contributed by atoms with Gasteiger partial charge in [-0.05, 0) is 49.1 Å². The molecule has 4 aromatic rings. The van der Waals surface area contributed by atoms with Crippen LogP contribution >= 0.6 is 11.6 Å². The summed E-state index contributed by atoms with van der Waals surface area (Å²) in [5, 5.41) is 9.09. The molecule has 0 aliphatic carbocycles. The second kappa shape index (κ2) is 7.97. The monoisotopic (exact) mass is 462 g/mol. The van der Waals surface area contributed by atoms with Crippen molar-refractivity contribution in [3.05, 3.63) is 70.8 Å². The summed E-state index contributed by atoms with van der Waals surface area (Å²) in [6.45, 7) is 6.02. The van der Waals surface area contributed by atoms with Crippen molar-refractivity contribution < 1.29 is 9.21 Å². The molecule has 8 nitrogen and oxygen atoms in total. The number of carbonyl (C=O) groups is 1. The van der Waals surface area contributed by atoms with Crippen molar-refractivity contribution in [3.8, 4) is 5.69 Å². The molecule has 0 bridgehead atoms. The Morgan fingerprint density at radius 2 is 1.82 bits per heavy atom. The molecule has 2 saturated heterocycles. The lowest BCUT2D eigenvalue weighted by molar-refractivity contribution is 0.0772. The van der Waals surface area contributed by atoms with Crippen molar-refractivity contribution >= 4 is 28.6 Å². The molecule has 0 saturated carbocycles. The summed E-state index contributed by atoms with van der Waals surface area (Å²) in [5.41, 5.74) is 3.94. The van der Waals surface area contributed by atoms with Crippen LogP contribution in [-0.4, -0.2) is 61.9 Å². The second-order valence-electron chi connectivity index (χ2n) is 8.98. The molecule has 0 unspecified atom stereocenters. The highest BCUT2D eigenvalue weighted by molar-refractivity contribution is 6.31. The number of aryl methyl sites for hydroxylation is 1. The van der Waals surface area contributed by atoms with Gasteiger partial charge in [0.05, 0.1) is 30.2 Å². The summed E-state index contributed by atoms with van der Waals surface area (Å²) >= 11 is 6.06. The number of carbonyl (C=O) groups excluding carboxylic acids is 1. The molecule has 33 heavy (non-hydrogen) atoms. The number of benzene rings is 2. The van der Waals surface area contributed by atoms with E-state index in [0.29, 0.717) is 40.5 Å². The van der Waals surface area contributed by atoms with Crippen molar-refractivity contribution in [2.45, 2.75) is 13.5 Å². The lowest BCUT2D eigenvalue weighted by Gasteiger charge is -2.22. The first-order valence-corrected chi connectivity index (χ1v) is 11.5. The van der Waals surface area contributed by atoms with E-state index in [4.69, 9.17) is 16.0 Å². The smallest absolute Gasteiger partial charge is 0.256 e. The SMILES string of the molecule is Cc1ccc(-n2nccn2)c(C(=O)N2C[C@H]3CN(Cc4nc5cc(Cl)ccc5o4)C[C@H]3C2)c1. The Morgan fingerprint density at radius 3 is 2.58 bits per heavy atom. The quantitative estimate of drug-likeness (QED) is 0.461. The minimum absolute atomic E-state index is 0.0442. The van der Waals surface area contributed by atoms with Crippen LogP contribution in [0.4, 0.5) is 0 Å². The van der Waals surface area contributed by atoms with E-state index in [1.165, 1.54) is 4.80 Å². The molecule has 9 heteroatoms. The highest BCUT2D eigenvalue weighted by Gasteiger charge is 2.42. The van der Waals surface area contributed by atoms with Crippen LogP contribution in [0.1, 0.15) is 21.8 Å². The molecular weight excluding hydrogens is 440 g/mol. The second-order valence-corrected chi connectivity index (χ2v) is 9.42. The van der Waals surface area contributed by atoms with Crippen molar-refractivity contribution in [2.75, 3.05) is 26.2 Å². The molecule has 2 aromatic heterocycles. The third kappa shape index (κ3) is 3.79. The molecule has 0 N–H and O–H groups in total. The van der Waals surface area contributed by atoms with Gasteiger partial charge >= 0.3 is 0 Å². The van der Waals surface area contributed by atoms with E-state index in [1.54, 1.807) is 12.4 Å². The van der Waals surface area contributed by atoms with Gasteiger partial charge in [-0.1, -0.05) is 23.2 Å². The van der Waals surface area contributed by atoms with Crippen molar-refractivity contribution in [1.82, 2.24) is 29.8 Å². The average molecular weight is 463 g/mol. The Kier molecular flexibility index (Phi) is 4.92. The zero-order chi connectivity index (χ0) is 22.5. The number of fused-ring (bicyclic) bond motifs is 2. The lowest BCUT2D eigenvalue weighted by atomic mass is 10.0. The van der Waals surface area contributed by atoms with Crippen LogP contribution in [0.5, 0.6) is 0 Å². The molecule has 4 heterocycles. The Balaban J connectivity index is 1.14. The largest absolute Gasteiger partial charge is 0.439 e. The predicted octanol–water partition coefficient (Wildman–Crippen LogP) is 3.57. The van der Waals surface area contributed by atoms with E-state index in [1.807, 2.05) is 48.2 Å². The number of rotatable bonds is 4. The van der Waals surface area contributed by atoms with Crippen LogP contribution < -0.4 is 0 Å². The van der Waals surface area contributed by atoms with E-state index in [9.17, 15) is 4.79 Å². The average Bonchev–Trinajstić information content (AvgIpc) is 3.56. The minimum Gasteiger partial charge on any atom is -0.439 e. The fraction of sp³-hybridized carbons (Fsp3) is 0.333. The molecule has 168 valence electrons.